The fraction of sp³-hybridized carbons (Fsp3) is 0.758. The summed E-state index contributed by atoms with van der Waals surface area (Å²) < 4.78 is 6.05. The van der Waals surface area contributed by atoms with Crippen LogP contribution in [0.1, 0.15) is 115 Å². The van der Waals surface area contributed by atoms with Crippen molar-refractivity contribution in [1.29, 1.82) is 0 Å². The largest absolute Gasteiger partial charge is 0.494 e. The molecule has 3 unspecified atom stereocenters. The monoisotopic (exact) mass is 524 g/mol. The van der Waals surface area contributed by atoms with E-state index in [1.807, 2.05) is 0 Å². The highest BCUT2D eigenvalue weighted by Crippen LogP contribution is 2.69. The molecular weight excluding hydrogens is 476 g/mol. The van der Waals surface area contributed by atoms with Gasteiger partial charge in [0.15, 0.2) is 0 Å². The zero-order valence-corrected chi connectivity index (χ0v) is 23.5. The van der Waals surface area contributed by atoms with E-state index in [2.05, 4.69) is 38.1 Å². The van der Waals surface area contributed by atoms with Crippen LogP contribution in [-0.2, 0) is 9.59 Å². The third-order valence-corrected chi connectivity index (χ3v) is 11.5. The lowest BCUT2D eigenvalue weighted by Gasteiger charge is -2.62. The molecule has 0 radical (unpaired) electrons. The number of aliphatic carboxylic acids is 1. The molecule has 0 aliphatic heterocycles. The fourth-order valence-corrected chi connectivity index (χ4v) is 9.44. The Morgan fingerprint density at radius 1 is 0.974 bits per heavy atom. The summed E-state index contributed by atoms with van der Waals surface area (Å²) in [5.74, 6) is 3.39. The van der Waals surface area contributed by atoms with Crippen LogP contribution in [0.25, 0.3) is 0 Å². The number of hydrogen-bond acceptors (Lipinski definition) is 4. The van der Waals surface area contributed by atoms with Crippen LogP contribution in [0.3, 0.4) is 0 Å². The number of rotatable bonds is 10. The first-order valence-electron chi connectivity index (χ1n) is 15.4. The minimum atomic E-state index is -0.708. The molecule has 1 aromatic rings. The summed E-state index contributed by atoms with van der Waals surface area (Å²) >= 11 is 0. The van der Waals surface area contributed by atoms with Crippen molar-refractivity contribution in [2.45, 2.75) is 116 Å². The van der Waals surface area contributed by atoms with Crippen molar-refractivity contribution in [3.63, 3.8) is 0 Å². The highest BCUT2D eigenvalue weighted by atomic mass is 16.5. The predicted octanol–water partition coefficient (Wildman–Crippen LogP) is 7.16. The van der Waals surface area contributed by atoms with Crippen molar-refractivity contribution in [2.24, 2.45) is 34.5 Å². The number of carboxylic acids is 1. The zero-order valence-electron chi connectivity index (χ0n) is 23.5. The Bertz CT molecular complexity index is 988. The van der Waals surface area contributed by atoms with E-state index in [0.717, 1.165) is 76.4 Å². The number of carbonyl (C=O) groups excluding carboxylic acids is 1. The Morgan fingerprint density at radius 2 is 1.71 bits per heavy atom. The van der Waals surface area contributed by atoms with Crippen LogP contribution in [0.4, 0.5) is 0 Å². The first-order chi connectivity index (χ1) is 18.2. The minimum Gasteiger partial charge on any atom is -0.494 e. The molecule has 1 aromatic carbocycles. The number of ketones is 1. The molecule has 0 spiro atoms. The molecular formula is C33H48O5. The first kappa shape index (κ1) is 27.7. The third-order valence-electron chi connectivity index (χ3n) is 11.5. The van der Waals surface area contributed by atoms with E-state index in [1.165, 1.54) is 18.4 Å². The van der Waals surface area contributed by atoms with E-state index in [0.29, 0.717) is 42.0 Å². The molecule has 4 aliphatic rings. The van der Waals surface area contributed by atoms with Gasteiger partial charge in [-0.05, 0) is 109 Å². The van der Waals surface area contributed by atoms with Crippen molar-refractivity contribution in [3.8, 4) is 5.75 Å². The Balaban J connectivity index is 1.27. The summed E-state index contributed by atoms with van der Waals surface area (Å²) in [6.45, 7) is 5.55. The van der Waals surface area contributed by atoms with Crippen molar-refractivity contribution in [2.75, 3.05) is 6.61 Å². The molecule has 5 heteroatoms. The maximum absolute atomic E-state index is 12.4. The summed E-state index contributed by atoms with van der Waals surface area (Å²) in [6, 6.07) is 8.80. The van der Waals surface area contributed by atoms with Crippen LogP contribution in [0.15, 0.2) is 24.3 Å². The van der Waals surface area contributed by atoms with Crippen LogP contribution in [0.5, 0.6) is 5.75 Å². The highest BCUT2D eigenvalue weighted by molar-refractivity contribution is 5.79. The quantitative estimate of drug-likeness (QED) is 0.317. The lowest BCUT2D eigenvalue weighted by molar-refractivity contribution is -0.147. The molecule has 0 saturated heterocycles. The van der Waals surface area contributed by atoms with Gasteiger partial charge in [-0.15, -0.1) is 0 Å². The molecule has 4 aliphatic carbocycles. The van der Waals surface area contributed by atoms with Crippen molar-refractivity contribution in [3.05, 3.63) is 29.8 Å². The molecule has 8 atom stereocenters. The van der Waals surface area contributed by atoms with Gasteiger partial charge in [-0.3, -0.25) is 9.59 Å². The number of fused-ring (bicyclic) bond motifs is 5. The first-order valence-corrected chi connectivity index (χ1v) is 15.4. The Labute approximate surface area is 228 Å². The maximum Gasteiger partial charge on any atom is 0.303 e. The van der Waals surface area contributed by atoms with Gasteiger partial charge >= 0.3 is 5.97 Å². The summed E-state index contributed by atoms with van der Waals surface area (Å²) in [4.78, 5) is 23.0. The number of carbonyl (C=O) groups is 2. The van der Waals surface area contributed by atoms with Crippen LogP contribution < -0.4 is 4.74 Å². The average Bonchev–Trinajstić information content (AvgIpc) is 3.19. The summed E-state index contributed by atoms with van der Waals surface area (Å²) in [7, 11) is 0. The van der Waals surface area contributed by atoms with Gasteiger partial charge in [-0.1, -0.05) is 45.2 Å². The van der Waals surface area contributed by atoms with Gasteiger partial charge in [0.25, 0.3) is 0 Å². The zero-order chi connectivity index (χ0) is 26.9. The van der Waals surface area contributed by atoms with Gasteiger partial charge in [0, 0.05) is 19.3 Å². The normalized spacial score (nSPS) is 38.2. The van der Waals surface area contributed by atoms with Gasteiger partial charge in [0.05, 0.1) is 12.7 Å². The van der Waals surface area contributed by atoms with E-state index in [1.54, 1.807) is 0 Å². The number of aliphatic hydroxyl groups is 1. The third kappa shape index (κ3) is 5.29. The summed E-state index contributed by atoms with van der Waals surface area (Å²) in [5, 5.41) is 19.9. The molecule has 2 N–H and O–H groups in total. The lowest BCUT2D eigenvalue weighted by Crippen LogP contribution is -2.56. The highest BCUT2D eigenvalue weighted by Gasteiger charge is 2.63. The summed E-state index contributed by atoms with van der Waals surface area (Å²) in [5.41, 5.74) is 1.57. The van der Waals surface area contributed by atoms with E-state index in [4.69, 9.17) is 9.84 Å². The number of Topliss-reactive ketones (excluding diaryl/α,β-unsaturated/α-hetero) is 1. The van der Waals surface area contributed by atoms with Gasteiger partial charge in [0.1, 0.15) is 11.5 Å². The lowest BCUT2D eigenvalue weighted by atomic mass is 9.42. The molecule has 0 heterocycles. The molecule has 0 aromatic heterocycles. The number of benzene rings is 1. The molecule has 0 bridgehead atoms. The van der Waals surface area contributed by atoms with Gasteiger partial charge in [0.2, 0.25) is 0 Å². The fourth-order valence-electron chi connectivity index (χ4n) is 9.44. The topological polar surface area (TPSA) is 83.8 Å². The number of ether oxygens (including phenoxy) is 1. The van der Waals surface area contributed by atoms with Crippen LogP contribution in [-0.4, -0.2) is 34.7 Å². The van der Waals surface area contributed by atoms with E-state index >= 15 is 0 Å². The maximum atomic E-state index is 12.4. The number of hydrogen-bond donors (Lipinski definition) is 2. The van der Waals surface area contributed by atoms with Crippen molar-refractivity contribution < 1.29 is 24.5 Å². The van der Waals surface area contributed by atoms with Crippen molar-refractivity contribution in [1.82, 2.24) is 0 Å². The number of carboxylic acid groups (broad SMARTS) is 1. The number of unbranched alkanes of at least 4 members (excludes halogenated alkanes) is 4. The molecule has 0 amide bonds. The van der Waals surface area contributed by atoms with E-state index < -0.39 is 5.97 Å². The van der Waals surface area contributed by atoms with E-state index in [9.17, 15) is 14.7 Å². The smallest absolute Gasteiger partial charge is 0.303 e. The number of aliphatic hydroxyl groups excluding tert-OH is 1. The second-order valence-electron chi connectivity index (χ2n) is 13.6. The molecule has 4 saturated carbocycles. The van der Waals surface area contributed by atoms with Crippen LogP contribution in [0, 0.1) is 34.5 Å². The molecule has 5 rings (SSSR count). The van der Waals surface area contributed by atoms with Gasteiger partial charge in [-0.25, -0.2) is 0 Å². The van der Waals surface area contributed by atoms with Gasteiger partial charge < -0.3 is 14.9 Å². The van der Waals surface area contributed by atoms with E-state index in [-0.39, 0.29) is 23.4 Å². The predicted molar refractivity (Wildman–Crippen MR) is 148 cm³/mol. The Hall–Kier alpha value is -1.88. The van der Waals surface area contributed by atoms with Gasteiger partial charge in [-0.2, -0.15) is 0 Å². The molecule has 38 heavy (non-hydrogen) atoms. The summed E-state index contributed by atoms with van der Waals surface area (Å²) in [6.07, 6.45) is 12.9. The standard InChI is InChI=1S/C33H48O5/c1-32-18-17-24(34)20-23(32)11-14-26-28-15-16-29(35)33(28,2)21-27(31(26)32)22-9-12-25(13-10-22)38-19-7-5-3-4-6-8-30(36)37/h9-10,12-13,23,26-29,31,35H,3-8,11,14-21H2,1-2H3,(H,36,37)/t23?,26-,27?,28-,29?,31-,32-,33-/m0/s1. The second-order valence-corrected chi connectivity index (χ2v) is 13.6. The average molecular weight is 525 g/mol. The van der Waals surface area contributed by atoms with Crippen molar-refractivity contribution >= 4 is 11.8 Å². The molecule has 210 valence electrons. The Morgan fingerprint density at radius 3 is 2.47 bits per heavy atom. The molecule has 5 nitrogen and oxygen atoms in total. The Kier molecular flexibility index (Phi) is 8.24. The second kappa shape index (κ2) is 11.3. The van der Waals surface area contributed by atoms with Crippen LogP contribution >= 0.6 is 0 Å². The minimum absolute atomic E-state index is 0.0147. The SMILES string of the molecule is C[C@]12CCC(=O)CC1CC[C@@H]1[C@H]2C(c2ccc(OCCCCCCCC(=O)O)cc2)C[C@]2(C)C(O)CC[C@@H]12. The van der Waals surface area contributed by atoms with Crippen LogP contribution in [0.2, 0.25) is 0 Å². The molecule has 4 fully saturated rings.